The summed E-state index contributed by atoms with van der Waals surface area (Å²) in [5.74, 6) is 0.347. The summed E-state index contributed by atoms with van der Waals surface area (Å²) in [6.07, 6.45) is 1.67. The molecule has 2 aliphatic rings. The van der Waals surface area contributed by atoms with Gasteiger partial charge in [0.1, 0.15) is 0 Å². The zero-order valence-electron chi connectivity index (χ0n) is 6.23. The zero-order chi connectivity index (χ0) is 8.06. The van der Waals surface area contributed by atoms with Gasteiger partial charge >= 0.3 is 0 Å². The zero-order valence-corrected chi connectivity index (χ0v) is 7.05. The normalized spacial score (nSPS) is 47.5. The van der Waals surface area contributed by atoms with Gasteiger partial charge in [-0.1, -0.05) is 0 Å². The molecule has 0 aromatic rings. The van der Waals surface area contributed by atoms with E-state index < -0.39 is 9.84 Å². The molecular formula is C7H12O3S. The van der Waals surface area contributed by atoms with Crippen LogP contribution in [0, 0.1) is 5.92 Å². The Kier molecular flexibility index (Phi) is 1.51. The van der Waals surface area contributed by atoms with Crippen LogP contribution in [-0.4, -0.2) is 30.6 Å². The molecular weight excluding hydrogens is 164 g/mol. The van der Waals surface area contributed by atoms with Gasteiger partial charge in [-0.05, 0) is 19.3 Å². The molecule has 1 heterocycles. The molecule has 2 fully saturated rings. The SMILES string of the molecule is O=S1(=O)CCC2C(O)CCC21. The maximum absolute atomic E-state index is 11.3. The Morgan fingerprint density at radius 1 is 1.18 bits per heavy atom. The molecule has 64 valence electrons. The minimum atomic E-state index is -2.82. The molecule has 0 aromatic heterocycles. The number of fused-ring (bicyclic) bond motifs is 1. The molecule has 3 nitrogen and oxygen atoms in total. The summed E-state index contributed by atoms with van der Waals surface area (Å²) >= 11 is 0. The van der Waals surface area contributed by atoms with E-state index in [2.05, 4.69) is 0 Å². The van der Waals surface area contributed by atoms with Crippen LogP contribution in [0.15, 0.2) is 0 Å². The molecule has 1 saturated heterocycles. The third-order valence-corrected chi connectivity index (χ3v) is 5.23. The van der Waals surface area contributed by atoms with Gasteiger partial charge in [-0.3, -0.25) is 0 Å². The van der Waals surface area contributed by atoms with Crippen molar-refractivity contribution in [2.75, 3.05) is 5.75 Å². The summed E-state index contributed by atoms with van der Waals surface area (Å²) in [6, 6.07) is 0. The maximum Gasteiger partial charge on any atom is 0.153 e. The molecule has 4 heteroatoms. The Morgan fingerprint density at radius 3 is 2.55 bits per heavy atom. The summed E-state index contributed by atoms with van der Waals surface area (Å²) < 4.78 is 22.6. The first-order chi connectivity index (χ1) is 5.11. The standard InChI is InChI=1S/C7H12O3S/c8-6-1-2-7-5(6)3-4-11(7,9)10/h5-8H,1-4H2. The smallest absolute Gasteiger partial charge is 0.153 e. The predicted octanol–water partition coefficient (Wildman–Crippen LogP) is -0.0556. The van der Waals surface area contributed by atoms with E-state index in [1.807, 2.05) is 0 Å². The van der Waals surface area contributed by atoms with Crippen molar-refractivity contribution in [2.24, 2.45) is 5.92 Å². The third-order valence-electron chi connectivity index (χ3n) is 2.92. The van der Waals surface area contributed by atoms with Crippen molar-refractivity contribution in [3.05, 3.63) is 0 Å². The third kappa shape index (κ3) is 0.999. The first kappa shape index (κ1) is 7.55. The first-order valence-electron chi connectivity index (χ1n) is 4.01. The van der Waals surface area contributed by atoms with Crippen LogP contribution in [0.25, 0.3) is 0 Å². The summed E-state index contributed by atoms with van der Waals surface area (Å²) in [6.45, 7) is 0. The van der Waals surface area contributed by atoms with Gasteiger partial charge < -0.3 is 5.11 Å². The molecule has 3 atom stereocenters. The highest BCUT2D eigenvalue weighted by atomic mass is 32.2. The highest BCUT2D eigenvalue weighted by Gasteiger charge is 2.47. The summed E-state index contributed by atoms with van der Waals surface area (Å²) in [7, 11) is -2.82. The Labute approximate surface area is 66.3 Å². The fourth-order valence-corrected chi connectivity index (χ4v) is 4.54. The molecule has 0 amide bonds. The van der Waals surface area contributed by atoms with E-state index in [1.54, 1.807) is 0 Å². The second-order valence-corrected chi connectivity index (χ2v) is 5.84. The Hall–Kier alpha value is -0.0900. The topological polar surface area (TPSA) is 54.4 Å². The van der Waals surface area contributed by atoms with E-state index in [9.17, 15) is 13.5 Å². The quantitative estimate of drug-likeness (QED) is 0.562. The van der Waals surface area contributed by atoms with Crippen LogP contribution in [-0.2, 0) is 9.84 Å². The molecule has 2 rings (SSSR count). The van der Waals surface area contributed by atoms with Crippen LogP contribution >= 0.6 is 0 Å². The first-order valence-corrected chi connectivity index (χ1v) is 5.72. The Bertz CT molecular complexity index is 257. The molecule has 1 aliphatic carbocycles. The van der Waals surface area contributed by atoms with E-state index in [-0.39, 0.29) is 17.3 Å². The molecule has 1 aliphatic heterocycles. The van der Waals surface area contributed by atoms with Crippen molar-refractivity contribution in [2.45, 2.75) is 30.6 Å². The van der Waals surface area contributed by atoms with Gasteiger partial charge in [0, 0.05) is 5.92 Å². The van der Waals surface area contributed by atoms with Crippen molar-refractivity contribution < 1.29 is 13.5 Å². The van der Waals surface area contributed by atoms with E-state index >= 15 is 0 Å². The van der Waals surface area contributed by atoms with Gasteiger partial charge in [-0.15, -0.1) is 0 Å². The molecule has 0 spiro atoms. The van der Waals surface area contributed by atoms with Gasteiger partial charge in [-0.2, -0.15) is 0 Å². The number of rotatable bonds is 0. The number of hydrogen-bond donors (Lipinski definition) is 1. The maximum atomic E-state index is 11.3. The average Bonchev–Trinajstić information content (AvgIpc) is 2.39. The van der Waals surface area contributed by atoms with Gasteiger partial charge in [-0.25, -0.2) is 8.42 Å². The van der Waals surface area contributed by atoms with Gasteiger partial charge in [0.2, 0.25) is 0 Å². The average molecular weight is 176 g/mol. The lowest BCUT2D eigenvalue weighted by molar-refractivity contribution is 0.135. The van der Waals surface area contributed by atoms with E-state index in [0.29, 0.717) is 25.0 Å². The largest absolute Gasteiger partial charge is 0.393 e. The monoisotopic (exact) mass is 176 g/mol. The Balaban J connectivity index is 2.30. The van der Waals surface area contributed by atoms with Crippen LogP contribution < -0.4 is 0 Å². The van der Waals surface area contributed by atoms with Gasteiger partial charge in [0.05, 0.1) is 17.1 Å². The van der Waals surface area contributed by atoms with Crippen molar-refractivity contribution in [3.63, 3.8) is 0 Å². The van der Waals surface area contributed by atoms with Crippen molar-refractivity contribution in [1.29, 1.82) is 0 Å². The lowest BCUT2D eigenvalue weighted by Gasteiger charge is -2.09. The number of hydrogen-bond acceptors (Lipinski definition) is 3. The van der Waals surface area contributed by atoms with Crippen LogP contribution in [0.3, 0.4) is 0 Å². The molecule has 1 saturated carbocycles. The van der Waals surface area contributed by atoms with Crippen LogP contribution in [0.4, 0.5) is 0 Å². The number of aliphatic hydroxyl groups is 1. The van der Waals surface area contributed by atoms with Crippen LogP contribution in [0.5, 0.6) is 0 Å². The molecule has 0 radical (unpaired) electrons. The second-order valence-electron chi connectivity index (χ2n) is 3.50. The predicted molar refractivity (Wildman–Crippen MR) is 40.9 cm³/mol. The van der Waals surface area contributed by atoms with E-state index in [0.717, 1.165) is 0 Å². The summed E-state index contributed by atoms with van der Waals surface area (Å²) in [5, 5.41) is 9.16. The molecule has 0 bridgehead atoms. The van der Waals surface area contributed by atoms with Gasteiger partial charge in [0.15, 0.2) is 9.84 Å². The molecule has 3 unspecified atom stereocenters. The lowest BCUT2D eigenvalue weighted by atomic mass is 10.0. The van der Waals surface area contributed by atoms with Crippen molar-refractivity contribution in [3.8, 4) is 0 Å². The summed E-state index contributed by atoms with van der Waals surface area (Å²) in [4.78, 5) is 0. The van der Waals surface area contributed by atoms with E-state index in [1.165, 1.54) is 0 Å². The molecule has 1 N–H and O–H groups in total. The fraction of sp³-hybridized carbons (Fsp3) is 1.00. The van der Waals surface area contributed by atoms with Crippen molar-refractivity contribution >= 4 is 9.84 Å². The minimum Gasteiger partial charge on any atom is -0.393 e. The fourth-order valence-electron chi connectivity index (χ4n) is 2.29. The molecule has 0 aromatic carbocycles. The van der Waals surface area contributed by atoms with Gasteiger partial charge in [0.25, 0.3) is 0 Å². The van der Waals surface area contributed by atoms with Crippen LogP contribution in [0.2, 0.25) is 0 Å². The van der Waals surface area contributed by atoms with Crippen LogP contribution in [0.1, 0.15) is 19.3 Å². The van der Waals surface area contributed by atoms with Crippen molar-refractivity contribution in [1.82, 2.24) is 0 Å². The molecule has 11 heavy (non-hydrogen) atoms. The number of sulfone groups is 1. The highest BCUT2D eigenvalue weighted by molar-refractivity contribution is 7.92. The lowest BCUT2D eigenvalue weighted by Crippen LogP contribution is -2.21. The highest BCUT2D eigenvalue weighted by Crippen LogP contribution is 2.39. The second kappa shape index (κ2) is 2.20. The minimum absolute atomic E-state index is 0.0556. The Morgan fingerprint density at radius 2 is 1.91 bits per heavy atom. The number of aliphatic hydroxyl groups excluding tert-OH is 1. The van der Waals surface area contributed by atoms with E-state index in [4.69, 9.17) is 0 Å². The summed E-state index contributed by atoms with van der Waals surface area (Å²) in [5.41, 5.74) is 0.